The van der Waals surface area contributed by atoms with Crippen molar-refractivity contribution < 1.29 is 4.79 Å². The minimum atomic E-state index is -0.0798. The predicted molar refractivity (Wildman–Crippen MR) is 72.2 cm³/mol. The van der Waals surface area contributed by atoms with Gasteiger partial charge >= 0.3 is 0 Å². The van der Waals surface area contributed by atoms with E-state index in [1.54, 1.807) is 0 Å². The fourth-order valence-corrected chi connectivity index (χ4v) is 3.10. The largest absolute Gasteiger partial charge is 0.338 e. The molecule has 1 heterocycles. The molecule has 1 unspecified atom stereocenters. The van der Waals surface area contributed by atoms with Crippen LogP contribution in [0.1, 0.15) is 36.0 Å². The van der Waals surface area contributed by atoms with E-state index in [-0.39, 0.29) is 11.8 Å². The molecule has 1 saturated heterocycles. The molecule has 19 heavy (non-hydrogen) atoms. The monoisotopic (exact) mass is 254 g/mol. The number of likely N-dealkylation sites (tertiary alicyclic amines) is 1. The molecular weight excluding hydrogens is 236 g/mol. The van der Waals surface area contributed by atoms with Crippen LogP contribution in [0.4, 0.5) is 0 Å². The van der Waals surface area contributed by atoms with Crippen molar-refractivity contribution in [2.75, 3.05) is 6.54 Å². The lowest BCUT2D eigenvalue weighted by Crippen LogP contribution is -2.37. The molecule has 1 aliphatic heterocycles. The summed E-state index contributed by atoms with van der Waals surface area (Å²) in [5, 5.41) is 8.87. The van der Waals surface area contributed by atoms with Crippen molar-refractivity contribution in [3.8, 4) is 6.07 Å². The van der Waals surface area contributed by atoms with Crippen LogP contribution in [0.2, 0.25) is 0 Å². The van der Waals surface area contributed by atoms with Gasteiger partial charge in [-0.2, -0.15) is 5.26 Å². The molecule has 0 bridgehead atoms. The van der Waals surface area contributed by atoms with Crippen LogP contribution in [0, 0.1) is 17.2 Å². The fourth-order valence-electron chi connectivity index (χ4n) is 3.10. The normalized spacial score (nSPS) is 22.2. The third-order valence-electron chi connectivity index (χ3n) is 4.24. The first-order chi connectivity index (χ1) is 9.26. The topological polar surface area (TPSA) is 44.1 Å². The van der Waals surface area contributed by atoms with Crippen LogP contribution in [0.5, 0.6) is 0 Å². The highest BCUT2D eigenvalue weighted by Gasteiger charge is 2.25. The molecule has 3 heteroatoms. The van der Waals surface area contributed by atoms with Crippen molar-refractivity contribution in [1.29, 1.82) is 5.26 Å². The van der Waals surface area contributed by atoms with Crippen LogP contribution >= 0.6 is 0 Å². The summed E-state index contributed by atoms with van der Waals surface area (Å²) in [6.45, 7) is 1.42. The van der Waals surface area contributed by atoms with Gasteiger partial charge in [0.15, 0.2) is 0 Å². The molecule has 1 aromatic rings. The summed E-state index contributed by atoms with van der Waals surface area (Å²) in [7, 11) is 0. The highest BCUT2D eigenvalue weighted by molar-refractivity contribution is 5.77. The minimum Gasteiger partial charge on any atom is -0.338 e. The molecule has 0 N–H and O–H groups in total. The molecule has 1 aliphatic carbocycles. The highest BCUT2D eigenvalue weighted by Crippen LogP contribution is 2.25. The average Bonchev–Trinajstić information content (AvgIpc) is 2.88. The first-order valence-corrected chi connectivity index (χ1v) is 7.04. The number of aryl methyl sites for hydroxylation is 2. The molecule has 3 rings (SSSR count). The molecule has 1 aromatic carbocycles. The second-order valence-electron chi connectivity index (χ2n) is 5.59. The zero-order chi connectivity index (χ0) is 13.2. The molecule has 98 valence electrons. The molecule has 2 aliphatic rings. The lowest BCUT2D eigenvalue weighted by molar-refractivity contribution is -0.134. The summed E-state index contributed by atoms with van der Waals surface area (Å²) >= 11 is 0. The van der Waals surface area contributed by atoms with E-state index >= 15 is 0 Å². The number of amides is 1. The minimum absolute atomic E-state index is 0.0798. The van der Waals surface area contributed by atoms with Gasteiger partial charge in [-0.05, 0) is 42.4 Å². The number of carbonyl (C=O) groups is 1. The van der Waals surface area contributed by atoms with Crippen LogP contribution in [-0.2, 0) is 24.2 Å². The summed E-state index contributed by atoms with van der Waals surface area (Å²) in [6.07, 6.45) is 4.83. The molecule has 1 atom stereocenters. The highest BCUT2D eigenvalue weighted by atomic mass is 16.2. The summed E-state index contributed by atoms with van der Waals surface area (Å²) in [5.74, 6) is 0.0436. The van der Waals surface area contributed by atoms with Crippen molar-refractivity contribution in [3.63, 3.8) is 0 Å². The molecule has 1 amide bonds. The van der Waals surface area contributed by atoms with Crippen molar-refractivity contribution in [2.24, 2.45) is 5.92 Å². The number of nitrogens with zero attached hydrogens (tertiary/aromatic N) is 2. The molecule has 1 fully saturated rings. The lowest BCUT2D eigenvalue weighted by atomic mass is 9.97. The number of nitriles is 1. The van der Waals surface area contributed by atoms with E-state index in [9.17, 15) is 4.79 Å². The van der Waals surface area contributed by atoms with E-state index in [0.29, 0.717) is 19.5 Å². The van der Waals surface area contributed by atoms with Crippen molar-refractivity contribution >= 4 is 5.91 Å². The van der Waals surface area contributed by atoms with Gasteiger partial charge in [-0.1, -0.05) is 18.2 Å². The van der Waals surface area contributed by atoms with Gasteiger partial charge in [-0.15, -0.1) is 0 Å². The Morgan fingerprint density at radius 3 is 2.95 bits per heavy atom. The Kier molecular flexibility index (Phi) is 3.25. The van der Waals surface area contributed by atoms with Gasteiger partial charge in [0.25, 0.3) is 0 Å². The maximum Gasteiger partial charge on any atom is 0.224 e. The maximum absolute atomic E-state index is 12.0. The van der Waals surface area contributed by atoms with Crippen LogP contribution < -0.4 is 0 Å². The van der Waals surface area contributed by atoms with Gasteiger partial charge in [0, 0.05) is 19.5 Å². The standard InChI is InChI=1S/C16H18N2O/c17-10-12-6-7-18(16(19)9-12)11-13-4-5-14-2-1-3-15(14)8-13/h4-5,8,12H,1-3,6-7,9,11H2. The number of fused-ring (bicyclic) bond motifs is 1. The smallest absolute Gasteiger partial charge is 0.224 e. The van der Waals surface area contributed by atoms with Gasteiger partial charge in [-0.25, -0.2) is 0 Å². The number of hydrogen-bond donors (Lipinski definition) is 0. The summed E-state index contributed by atoms with van der Waals surface area (Å²) in [6, 6.07) is 8.82. The van der Waals surface area contributed by atoms with Gasteiger partial charge < -0.3 is 4.90 Å². The zero-order valence-electron chi connectivity index (χ0n) is 11.1. The Hall–Kier alpha value is -1.82. The Morgan fingerprint density at radius 1 is 1.32 bits per heavy atom. The van der Waals surface area contributed by atoms with Crippen molar-refractivity contribution in [3.05, 3.63) is 34.9 Å². The van der Waals surface area contributed by atoms with E-state index in [2.05, 4.69) is 24.3 Å². The zero-order valence-corrected chi connectivity index (χ0v) is 11.1. The van der Waals surface area contributed by atoms with Gasteiger partial charge in [0.2, 0.25) is 5.91 Å². The Bertz CT molecular complexity index is 544. The molecule has 0 spiro atoms. The van der Waals surface area contributed by atoms with Crippen LogP contribution in [0.25, 0.3) is 0 Å². The lowest BCUT2D eigenvalue weighted by Gasteiger charge is -2.29. The van der Waals surface area contributed by atoms with E-state index < -0.39 is 0 Å². The first kappa shape index (κ1) is 12.2. The number of carbonyl (C=O) groups excluding carboxylic acids is 1. The molecule has 0 radical (unpaired) electrons. The van der Waals surface area contributed by atoms with Crippen LogP contribution in [0.3, 0.4) is 0 Å². The van der Waals surface area contributed by atoms with Crippen LogP contribution in [0.15, 0.2) is 18.2 Å². The van der Waals surface area contributed by atoms with E-state index in [4.69, 9.17) is 5.26 Å². The van der Waals surface area contributed by atoms with E-state index in [1.807, 2.05) is 4.90 Å². The fraction of sp³-hybridized carbons (Fsp3) is 0.500. The molecular formula is C16H18N2O. The molecule has 0 aromatic heterocycles. The molecule has 3 nitrogen and oxygen atoms in total. The predicted octanol–water partition coefficient (Wildman–Crippen LogP) is 2.44. The van der Waals surface area contributed by atoms with Gasteiger partial charge in [0.1, 0.15) is 0 Å². The third kappa shape index (κ3) is 2.49. The summed E-state index contributed by atoms with van der Waals surface area (Å²) < 4.78 is 0. The maximum atomic E-state index is 12.0. The number of hydrogen-bond acceptors (Lipinski definition) is 2. The number of rotatable bonds is 2. The number of benzene rings is 1. The summed E-state index contributed by atoms with van der Waals surface area (Å²) in [5.41, 5.74) is 4.15. The Morgan fingerprint density at radius 2 is 2.16 bits per heavy atom. The van der Waals surface area contributed by atoms with E-state index in [0.717, 1.165) is 6.42 Å². The van der Waals surface area contributed by atoms with Gasteiger partial charge in [-0.3, -0.25) is 4.79 Å². The SMILES string of the molecule is N#CC1CCN(Cc2ccc3c(c2)CCC3)C(=O)C1. The van der Waals surface area contributed by atoms with E-state index in [1.165, 1.54) is 36.0 Å². The first-order valence-electron chi connectivity index (χ1n) is 7.04. The average molecular weight is 254 g/mol. The molecule has 0 saturated carbocycles. The second-order valence-corrected chi connectivity index (χ2v) is 5.59. The van der Waals surface area contributed by atoms with Crippen LogP contribution in [-0.4, -0.2) is 17.4 Å². The van der Waals surface area contributed by atoms with Crippen molar-refractivity contribution in [1.82, 2.24) is 4.90 Å². The number of piperidine rings is 1. The Labute approximate surface area is 113 Å². The van der Waals surface area contributed by atoms with Gasteiger partial charge in [0.05, 0.1) is 12.0 Å². The summed E-state index contributed by atoms with van der Waals surface area (Å²) in [4.78, 5) is 13.9. The van der Waals surface area contributed by atoms with Crippen molar-refractivity contribution in [2.45, 2.75) is 38.6 Å². The third-order valence-corrected chi connectivity index (χ3v) is 4.24. The quantitative estimate of drug-likeness (QED) is 0.813. The second kappa shape index (κ2) is 5.05. The Balaban J connectivity index is 1.69.